The van der Waals surface area contributed by atoms with Crippen LogP contribution >= 0.6 is 11.3 Å². The monoisotopic (exact) mass is 330 g/mol. The molecule has 3 heterocycles. The first-order chi connectivity index (χ1) is 11.4. The van der Waals surface area contributed by atoms with E-state index in [-0.39, 0.29) is 0 Å². The molecule has 0 bridgehead atoms. The first kappa shape index (κ1) is 15.1. The molecule has 4 rings (SSSR count). The first-order valence-corrected chi connectivity index (χ1v) is 9.17. The predicted molar refractivity (Wildman–Crippen MR) is 91.5 cm³/mol. The Balaban J connectivity index is 1.37. The van der Waals surface area contributed by atoms with Gasteiger partial charge in [0.05, 0.1) is 12.7 Å². The number of rotatable bonds is 5. The van der Waals surface area contributed by atoms with Gasteiger partial charge in [0, 0.05) is 48.9 Å². The highest BCUT2D eigenvalue weighted by Crippen LogP contribution is 2.35. The summed E-state index contributed by atoms with van der Waals surface area (Å²) in [6, 6.07) is 6.76. The molecular formula is C17H22N4OS. The Labute approximate surface area is 140 Å². The number of morpholine rings is 1. The Morgan fingerprint density at radius 3 is 3.00 bits per heavy atom. The standard InChI is InChI=1S/C17H22N4OS/c1-3-14(23-10-1)12-21-8-9-22-16-13(4-5-15(16)21)11-20-17-18-6-2-7-19-17/h1-3,6-7,10,13,15-16H,4-5,8-9,11-12H2,(H,18,19,20). The second-order valence-electron chi connectivity index (χ2n) is 6.24. The summed E-state index contributed by atoms with van der Waals surface area (Å²) in [6.45, 7) is 3.83. The van der Waals surface area contributed by atoms with Crippen molar-refractivity contribution in [3.8, 4) is 0 Å². The zero-order chi connectivity index (χ0) is 15.5. The van der Waals surface area contributed by atoms with Gasteiger partial charge in [-0.15, -0.1) is 11.3 Å². The third kappa shape index (κ3) is 3.39. The Bertz CT molecular complexity index is 606. The summed E-state index contributed by atoms with van der Waals surface area (Å²) in [7, 11) is 0. The minimum Gasteiger partial charge on any atom is -0.375 e. The van der Waals surface area contributed by atoms with Gasteiger partial charge in [-0.2, -0.15) is 0 Å². The van der Waals surface area contributed by atoms with E-state index in [0.717, 1.165) is 26.2 Å². The molecule has 3 unspecified atom stereocenters. The van der Waals surface area contributed by atoms with Crippen molar-refractivity contribution in [2.75, 3.05) is 25.0 Å². The molecule has 1 saturated heterocycles. The van der Waals surface area contributed by atoms with Crippen LogP contribution in [0.5, 0.6) is 0 Å². The molecule has 3 atom stereocenters. The van der Waals surface area contributed by atoms with Gasteiger partial charge in [-0.1, -0.05) is 6.07 Å². The van der Waals surface area contributed by atoms with E-state index >= 15 is 0 Å². The van der Waals surface area contributed by atoms with E-state index in [1.54, 1.807) is 12.4 Å². The quantitative estimate of drug-likeness (QED) is 0.913. The number of fused-ring (bicyclic) bond motifs is 1. The van der Waals surface area contributed by atoms with E-state index in [4.69, 9.17) is 4.74 Å². The lowest BCUT2D eigenvalue weighted by Crippen LogP contribution is -2.50. The second kappa shape index (κ2) is 6.95. The number of thiophene rings is 1. The fraction of sp³-hybridized carbons (Fsp3) is 0.529. The Morgan fingerprint density at radius 2 is 2.17 bits per heavy atom. The minimum atomic E-state index is 0.333. The van der Waals surface area contributed by atoms with Gasteiger partial charge in [0.2, 0.25) is 5.95 Å². The van der Waals surface area contributed by atoms with E-state index < -0.39 is 0 Å². The minimum absolute atomic E-state index is 0.333. The molecule has 1 saturated carbocycles. The lowest BCUT2D eigenvalue weighted by atomic mass is 10.0. The summed E-state index contributed by atoms with van der Waals surface area (Å²) in [5, 5.41) is 5.52. The molecule has 1 aliphatic carbocycles. The van der Waals surface area contributed by atoms with Crippen molar-refractivity contribution in [2.24, 2.45) is 5.92 Å². The van der Waals surface area contributed by atoms with E-state index in [1.165, 1.54) is 17.7 Å². The molecule has 1 aliphatic heterocycles. The molecule has 0 spiro atoms. The average molecular weight is 330 g/mol. The third-order valence-corrected chi connectivity index (χ3v) is 5.72. The van der Waals surface area contributed by atoms with Gasteiger partial charge in [-0.25, -0.2) is 9.97 Å². The Hall–Kier alpha value is -1.50. The summed E-state index contributed by atoms with van der Waals surface area (Å²) < 4.78 is 6.13. The van der Waals surface area contributed by atoms with E-state index in [0.29, 0.717) is 24.0 Å². The number of ether oxygens (including phenoxy) is 1. The molecule has 2 aromatic rings. The second-order valence-corrected chi connectivity index (χ2v) is 7.28. The van der Waals surface area contributed by atoms with Crippen LogP contribution in [0.25, 0.3) is 0 Å². The van der Waals surface area contributed by atoms with Gasteiger partial charge >= 0.3 is 0 Å². The van der Waals surface area contributed by atoms with Crippen LogP contribution in [0, 0.1) is 5.92 Å². The van der Waals surface area contributed by atoms with Crippen molar-refractivity contribution in [1.29, 1.82) is 0 Å². The fourth-order valence-electron chi connectivity index (χ4n) is 3.77. The molecule has 2 aliphatic rings. The average Bonchev–Trinajstić information content (AvgIpc) is 3.24. The molecule has 23 heavy (non-hydrogen) atoms. The maximum absolute atomic E-state index is 6.13. The van der Waals surface area contributed by atoms with Crippen molar-refractivity contribution < 1.29 is 4.74 Å². The molecule has 2 fully saturated rings. The fourth-order valence-corrected chi connectivity index (χ4v) is 4.50. The van der Waals surface area contributed by atoms with Crippen LogP contribution in [0.15, 0.2) is 36.0 Å². The van der Waals surface area contributed by atoms with Crippen LogP contribution in [-0.4, -0.2) is 46.7 Å². The van der Waals surface area contributed by atoms with Crippen molar-refractivity contribution in [3.63, 3.8) is 0 Å². The van der Waals surface area contributed by atoms with E-state index in [9.17, 15) is 0 Å². The summed E-state index contributed by atoms with van der Waals surface area (Å²) in [5.74, 6) is 1.25. The predicted octanol–water partition coefficient (Wildman–Crippen LogP) is 2.63. The Morgan fingerprint density at radius 1 is 1.26 bits per heavy atom. The van der Waals surface area contributed by atoms with Crippen LogP contribution in [0.1, 0.15) is 17.7 Å². The highest BCUT2D eigenvalue weighted by atomic mass is 32.1. The largest absolute Gasteiger partial charge is 0.375 e. The molecule has 5 nitrogen and oxygen atoms in total. The molecule has 122 valence electrons. The van der Waals surface area contributed by atoms with Crippen LogP contribution in [0.2, 0.25) is 0 Å². The van der Waals surface area contributed by atoms with Crippen molar-refractivity contribution in [2.45, 2.75) is 31.5 Å². The van der Waals surface area contributed by atoms with Gasteiger partial charge in [0.25, 0.3) is 0 Å². The molecule has 1 N–H and O–H groups in total. The van der Waals surface area contributed by atoms with Crippen molar-refractivity contribution in [3.05, 3.63) is 40.8 Å². The number of nitrogens with zero attached hydrogens (tertiary/aromatic N) is 3. The van der Waals surface area contributed by atoms with E-state index in [1.807, 2.05) is 17.4 Å². The number of aromatic nitrogens is 2. The lowest BCUT2D eigenvalue weighted by Gasteiger charge is -2.39. The molecule has 6 heteroatoms. The molecule has 0 aromatic carbocycles. The lowest BCUT2D eigenvalue weighted by molar-refractivity contribution is -0.0742. The molecule has 0 amide bonds. The highest BCUT2D eigenvalue weighted by Gasteiger charge is 2.42. The van der Waals surface area contributed by atoms with Crippen molar-refractivity contribution in [1.82, 2.24) is 14.9 Å². The highest BCUT2D eigenvalue weighted by molar-refractivity contribution is 7.09. The molecular weight excluding hydrogens is 308 g/mol. The number of anilines is 1. The van der Waals surface area contributed by atoms with Crippen LogP contribution in [0.4, 0.5) is 5.95 Å². The van der Waals surface area contributed by atoms with Crippen LogP contribution in [-0.2, 0) is 11.3 Å². The normalized spacial score (nSPS) is 27.7. The van der Waals surface area contributed by atoms with Crippen LogP contribution in [0.3, 0.4) is 0 Å². The van der Waals surface area contributed by atoms with Gasteiger partial charge in [0.15, 0.2) is 0 Å². The SMILES string of the molecule is c1cnc(NCC2CCC3C2OCCN3Cc2cccs2)nc1. The number of hydrogen-bond donors (Lipinski definition) is 1. The Kier molecular flexibility index (Phi) is 4.55. The van der Waals surface area contributed by atoms with E-state index in [2.05, 4.69) is 37.7 Å². The van der Waals surface area contributed by atoms with Crippen LogP contribution < -0.4 is 5.32 Å². The smallest absolute Gasteiger partial charge is 0.222 e. The first-order valence-electron chi connectivity index (χ1n) is 8.29. The summed E-state index contributed by atoms with van der Waals surface area (Å²) in [6.07, 6.45) is 6.30. The van der Waals surface area contributed by atoms with Gasteiger partial charge < -0.3 is 10.1 Å². The summed E-state index contributed by atoms with van der Waals surface area (Å²) in [4.78, 5) is 12.5. The zero-order valence-corrected chi connectivity index (χ0v) is 13.9. The maximum Gasteiger partial charge on any atom is 0.222 e. The summed E-state index contributed by atoms with van der Waals surface area (Å²) >= 11 is 1.85. The van der Waals surface area contributed by atoms with Gasteiger partial charge in [0.1, 0.15) is 0 Å². The molecule has 0 radical (unpaired) electrons. The number of hydrogen-bond acceptors (Lipinski definition) is 6. The van der Waals surface area contributed by atoms with Crippen molar-refractivity contribution >= 4 is 17.3 Å². The van der Waals surface area contributed by atoms with Gasteiger partial charge in [-0.05, 0) is 30.4 Å². The number of nitrogens with one attached hydrogen (secondary N) is 1. The zero-order valence-electron chi connectivity index (χ0n) is 13.1. The summed E-state index contributed by atoms with van der Waals surface area (Å²) in [5.41, 5.74) is 0. The van der Waals surface area contributed by atoms with Gasteiger partial charge in [-0.3, -0.25) is 4.90 Å². The third-order valence-electron chi connectivity index (χ3n) is 4.86. The molecule has 2 aromatic heterocycles. The topological polar surface area (TPSA) is 50.3 Å². The maximum atomic E-state index is 6.13.